The zero-order chi connectivity index (χ0) is 11.1. The minimum Gasteiger partial charge on any atom is -0.381 e. The highest BCUT2D eigenvalue weighted by atomic mass is 16.5. The Kier molecular flexibility index (Phi) is 10.8. The lowest BCUT2D eigenvalue weighted by molar-refractivity contribution is -0.119. The van der Waals surface area contributed by atoms with E-state index in [1.165, 1.54) is 5.56 Å². The quantitative estimate of drug-likeness (QED) is 0.751. The standard InChI is InChI=1S/C13H18O2.2CH4/c1-11(14)10-13(15-2)9-8-12-6-4-3-5-7-12;;/h3-7,13H,8-10H2,1-2H3;2*1H4. The summed E-state index contributed by atoms with van der Waals surface area (Å²) in [6, 6.07) is 10.3. The molecule has 1 unspecified atom stereocenters. The van der Waals surface area contributed by atoms with Crippen LogP contribution < -0.4 is 0 Å². The molecular weight excluding hydrogens is 212 g/mol. The monoisotopic (exact) mass is 238 g/mol. The lowest BCUT2D eigenvalue weighted by Crippen LogP contribution is -2.15. The zero-order valence-corrected chi connectivity index (χ0v) is 9.40. The van der Waals surface area contributed by atoms with Gasteiger partial charge in [0.15, 0.2) is 0 Å². The van der Waals surface area contributed by atoms with Gasteiger partial charge in [0.1, 0.15) is 5.78 Å². The van der Waals surface area contributed by atoms with Gasteiger partial charge in [0.2, 0.25) is 0 Å². The molecule has 1 aromatic carbocycles. The van der Waals surface area contributed by atoms with E-state index in [0.29, 0.717) is 6.42 Å². The van der Waals surface area contributed by atoms with Crippen molar-refractivity contribution in [2.75, 3.05) is 7.11 Å². The molecule has 0 saturated heterocycles. The summed E-state index contributed by atoms with van der Waals surface area (Å²) in [6.07, 6.45) is 2.44. The number of carbonyl (C=O) groups is 1. The normalized spacial score (nSPS) is 10.9. The van der Waals surface area contributed by atoms with E-state index in [2.05, 4.69) is 12.1 Å². The molecule has 1 atom stereocenters. The number of carbonyl (C=O) groups excluding carboxylic acids is 1. The number of ether oxygens (including phenoxy) is 1. The van der Waals surface area contributed by atoms with Crippen LogP contribution in [0.5, 0.6) is 0 Å². The molecule has 0 heterocycles. The predicted molar refractivity (Wildman–Crippen MR) is 74.3 cm³/mol. The van der Waals surface area contributed by atoms with E-state index in [1.54, 1.807) is 14.0 Å². The third-order valence-corrected chi connectivity index (χ3v) is 2.45. The van der Waals surface area contributed by atoms with Crippen LogP contribution in [0.3, 0.4) is 0 Å². The number of hydrogen-bond acceptors (Lipinski definition) is 2. The number of methoxy groups -OCH3 is 1. The van der Waals surface area contributed by atoms with Crippen LogP contribution in [-0.4, -0.2) is 19.0 Å². The molecule has 0 spiro atoms. The first-order valence-corrected chi connectivity index (χ1v) is 5.28. The second-order valence-electron chi connectivity index (χ2n) is 3.79. The Bertz CT molecular complexity index is 293. The molecule has 0 aromatic heterocycles. The molecule has 0 amide bonds. The van der Waals surface area contributed by atoms with Crippen molar-refractivity contribution in [2.24, 2.45) is 0 Å². The maximum absolute atomic E-state index is 10.9. The van der Waals surface area contributed by atoms with Crippen molar-refractivity contribution >= 4 is 5.78 Å². The van der Waals surface area contributed by atoms with Gasteiger partial charge in [-0.3, -0.25) is 4.79 Å². The smallest absolute Gasteiger partial charge is 0.132 e. The van der Waals surface area contributed by atoms with Gasteiger partial charge >= 0.3 is 0 Å². The maximum atomic E-state index is 10.9. The third kappa shape index (κ3) is 7.70. The Morgan fingerprint density at radius 2 is 1.82 bits per heavy atom. The van der Waals surface area contributed by atoms with Crippen molar-refractivity contribution in [3.63, 3.8) is 0 Å². The molecule has 98 valence electrons. The molecule has 0 radical (unpaired) electrons. The van der Waals surface area contributed by atoms with Crippen LogP contribution in [0.25, 0.3) is 0 Å². The van der Waals surface area contributed by atoms with Gasteiger partial charge in [0.25, 0.3) is 0 Å². The third-order valence-electron chi connectivity index (χ3n) is 2.45. The molecule has 1 aromatic rings. The molecule has 2 nitrogen and oxygen atoms in total. The Hall–Kier alpha value is -1.15. The molecule has 2 heteroatoms. The van der Waals surface area contributed by atoms with Crippen LogP contribution in [0.4, 0.5) is 0 Å². The van der Waals surface area contributed by atoms with Gasteiger partial charge in [0.05, 0.1) is 6.10 Å². The number of benzene rings is 1. The summed E-state index contributed by atoms with van der Waals surface area (Å²) in [6.45, 7) is 1.61. The average molecular weight is 238 g/mol. The fourth-order valence-electron chi connectivity index (χ4n) is 1.60. The van der Waals surface area contributed by atoms with Crippen LogP contribution in [0.2, 0.25) is 0 Å². The number of aryl methyl sites for hydroxylation is 1. The molecule has 1 rings (SSSR count). The van der Waals surface area contributed by atoms with Gasteiger partial charge < -0.3 is 4.74 Å². The van der Waals surface area contributed by atoms with Crippen LogP contribution in [0, 0.1) is 0 Å². The van der Waals surface area contributed by atoms with Crippen molar-refractivity contribution in [2.45, 2.75) is 47.1 Å². The molecular formula is C15H26O2. The molecule has 0 bridgehead atoms. The van der Waals surface area contributed by atoms with Crippen LogP contribution in [-0.2, 0) is 16.0 Å². The Morgan fingerprint density at radius 3 is 2.29 bits per heavy atom. The molecule has 17 heavy (non-hydrogen) atoms. The van der Waals surface area contributed by atoms with E-state index < -0.39 is 0 Å². The summed E-state index contributed by atoms with van der Waals surface area (Å²) in [5.41, 5.74) is 1.29. The van der Waals surface area contributed by atoms with E-state index in [-0.39, 0.29) is 26.7 Å². The van der Waals surface area contributed by atoms with Crippen molar-refractivity contribution in [1.82, 2.24) is 0 Å². The van der Waals surface area contributed by atoms with E-state index in [1.807, 2.05) is 18.2 Å². The number of hydrogen-bond donors (Lipinski definition) is 0. The second-order valence-corrected chi connectivity index (χ2v) is 3.79. The summed E-state index contributed by atoms with van der Waals surface area (Å²) in [5, 5.41) is 0. The van der Waals surface area contributed by atoms with Crippen molar-refractivity contribution in [3.05, 3.63) is 35.9 Å². The highest BCUT2D eigenvalue weighted by Gasteiger charge is 2.09. The highest BCUT2D eigenvalue weighted by molar-refractivity contribution is 5.75. The first kappa shape index (κ1) is 18.2. The maximum Gasteiger partial charge on any atom is 0.132 e. The summed E-state index contributed by atoms with van der Waals surface area (Å²) in [5.74, 6) is 0.190. The van der Waals surface area contributed by atoms with Gasteiger partial charge in [-0.25, -0.2) is 0 Å². The van der Waals surface area contributed by atoms with E-state index in [4.69, 9.17) is 4.74 Å². The summed E-state index contributed by atoms with van der Waals surface area (Å²) in [7, 11) is 1.67. The highest BCUT2D eigenvalue weighted by Crippen LogP contribution is 2.09. The SMILES string of the molecule is C.C.COC(CCc1ccccc1)CC(C)=O. The first-order valence-electron chi connectivity index (χ1n) is 5.28. The van der Waals surface area contributed by atoms with Crippen LogP contribution in [0.15, 0.2) is 30.3 Å². The number of rotatable bonds is 6. The molecule has 0 aliphatic carbocycles. The second kappa shape index (κ2) is 10.0. The fourth-order valence-corrected chi connectivity index (χ4v) is 1.60. The molecule has 0 aliphatic heterocycles. The molecule has 0 aliphatic rings. The topological polar surface area (TPSA) is 26.3 Å². The number of ketones is 1. The minimum absolute atomic E-state index is 0. The lowest BCUT2D eigenvalue weighted by Gasteiger charge is -2.13. The summed E-state index contributed by atoms with van der Waals surface area (Å²) in [4.78, 5) is 10.9. The minimum atomic E-state index is 0. The predicted octanol–water partition coefficient (Wildman–Crippen LogP) is 3.89. The number of Topliss-reactive ketones (excluding diaryl/α,β-unsaturated/α-hetero) is 1. The molecule has 0 fully saturated rings. The average Bonchev–Trinajstić information content (AvgIpc) is 2.25. The zero-order valence-electron chi connectivity index (χ0n) is 9.40. The van der Waals surface area contributed by atoms with E-state index in [9.17, 15) is 4.79 Å². The van der Waals surface area contributed by atoms with E-state index in [0.717, 1.165) is 12.8 Å². The Balaban J connectivity index is 0. The molecule has 0 N–H and O–H groups in total. The van der Waals surface area contributed by atoms with Crippen molar-refractivity contribution in [1.29, 1.82) is 0 Å². The van der Waals surface area contributed by atoms with Gasteiger partial charge in [0, 0.05) is 13.5 Å². The van der Waals surface area contributed by atoms with Crippen molar-refractivity contribution in [3.8, 4) is 0 Å². The fraction of sp³-hybridized carbons (Fsp3) is 0.533. The van der Waals surface area contributed by atoms with Gasteiger partial charge in [-0.2, -0.15) is 0 Å². The lowest BCUT2D eigenvalue weighted by atomic mass is 10.0. The van der Waals surface area contributed by atoms with Gasteiger partial charge in [-0.05, 0) is 25.3 Å². The largest absolute Gasteiger partial charge is 0.381 e. The van der Waals surface area contributed by atoms with Crippen molar-refractivity contribution < 1.29 is 9.53 Å². The first-order chi connectivity index (χ1) is 7.22. The molecule has 0 saturated carbocycles. The van der Waals surface area contributed by atoms with Crippen LogP contribution in [0.1, 0.15) is 40.2 Å². The summed E-state index contributed by atoms with van der Waals surface area (Å²) < 4.78 is 5.26. The summed E-state index contributed by atoms with van der Waals surface area (Å²) >= 11 is 0. The van der Waals surface area contributed by atoms with E-state index >= 15 is 0 Å². The van der Waals surface area contributed by atoms with Gasteiger partial charge in [-0.15, -0.1) is 0 Å². The Morgan fingerprint density at radius 1 is 1.24 bits per heavy atom. The Labute approximate surface area is 106 Å². The van der Waals surface area contributed by atoms with Gasteiger partial charge in [-0.1, -0.05) is 45.2 Å². The van der Waals surface area contributed by atoms with Crippen LogP contribution >= 0.6 is 0 Å².